The summed E-state index contributed by atoms with van der Waals surface area (Å²) in [7, 11) is 0. The zero-order chi connectivity index (χ0) is 4.99. The van der Waals surface area contributed by atoms with Gasteiger partial charge in [0.25, 0.3) is 0 Å². The van der Waals surface area contributed by atoms with Gasteiger partial charge in [-0.3, -0.25) is 0 Å². The van der Waals surface area contributed by atoms with Crippen molar-refractivity contribution in [2.45, 2.75) is 0 Å². The van der Waals surface area contributed by atoms with E-state index in [1.165, 1.54) is 0 Å². The summed E-state index contributed by atoms with van der Waals surface area (Å²) in [6.07, 6.45) is 0.986. The Balaban J connectivity index is 0. The average molecular weight is 111 g/mol. The van der Waals surface area contributed by atoms with Crippen LogP contribution in [0.4, 0.5) is 0 Å². The van der Waals surface area contributed by atoms with Gasteiger partial charge >= 0.3 is 35.5 Å². The van der Waals surface area contributed by atoms with Crippen LogP contribution in [0.5, 0.6) is 0 Å². The minimum atomic E-state index is -0.616. The SMILES string of the molecule is C=CC(=O)ON.[NaH]. The van der Waals surface area contributed by atoms with Crippen LogP contribution < -0.4 is 5.90 Å². The Morgan fingerprint density at radius 1 is 1.86 bits per heavy atom. The summed E-state index contributed by atoms with van der Waals surface area (Å²) >= 11 is 0. The molecule has 0 unspecified atom stereocenters. The van der Waals surface area contributed by atoms with Crippen molar-refractivity contribution in [3.05, 3.63) is 12.7 Å². The van der Waals surface area contributed by atoms with Crippen LogP contribution in [0, 0.1) is 0 Å². The van der Waals surface area contributed by atoms with Crippen LogP contribution in [0.1, 0.15) is 0 Å². The van der Waals surface area contributed by atoms with Gasteiger partial charge in [0.15, 0.2) is 0 Å². The zero-order valence-corrected chi connectivity index (χ0v) is 3.18. The number of hydrogen-bond acceptors (Lipinski definition) is 3. The van der Waals surface area contributed by atoms with E-state index < -0.39 is 5.97 Å². The summed E-state index contributed by atoms with van der Waals surface area (Å²) in [6.45, 7) is 3.08. The molecular formula is C3H6NNaO2. The van der Waals surface area contributed by atoms with Crippen LogP contribution in [0.15, 0.2) is 12.7 Å². The van der Waals surface area contributed by atoms with E-state index >= 15 is 0 Å². The minimum absolute atomic E-state index is 0. The van der Waals surface area contributed by atoms with Gasteiger partial charge in [0.1, 0.15) is 0 Å². The summed E-state index contributed by atoms with van der Waals surface area (Å²) in [5.74, 6) is 3.75. The van der Waals surface area contributed by atoms with Crippen LogP contribution in [0.2, 0.25) is 0 Å². The zero-order valence-electron chi connectivity index (χ0n) is 3.18. The van der Waals surface area contributed by atoms with Crippen LogP contribution in [0.3, 0.4) is 0 Å². The van der Waals surface area contributed by atoms with Crippen molar-refractivity contribution < 1.29 is 9.63 Å². The van der Waals surface area contributed by atoms with E-state index in [0.717, 1.165) is 6.08 Å². The first-order chi connectivity index (χ1) is 2.81. The quantitative estimate of drug-likeness (QED) is 0.266. The molecule has 0 rings (SSSR count). The van der Waals surface area contributed by atoms with E-state index in [2.05, 4.69) is 17.3 Å². The predicted octanol–water partition coefficient (Wildman–Crippen LogP) is -1.06. The van der Waals surface area contributed by atoms with Crippen LogP contribution in [0.25, 0.3) is 0 Å². The van der Waals surface area contributed by atoms with Gasteiger partial charge in [-0.2, -0.15) is 5.90 Å². The fourth-order valence-corrected chi connectivity index (χ4v) is 0.0481. The predicted molar refractivity (Wildman–Crippen MR) is 27.6 cm³/mol. The molecule has 0 aliphatic rings. The Morgan fingerprint density at radius 3 is 2.29 bits per heavy atom. The first-order valence-electron chi connectivity index (χ1n) is 1.34. The molecule has 0 fully saturated rings. The van der Waals surface area contributed by atoms with Crippen LogP contribution >= 0.6 is 0 Å². The molecular weight excluding hydrogens is 105 g/mol. The van der Waals surface area contributed by atoms with Crippen molar-refractivity contribution in [3.8, 4) is 0 Å². The first kappa shape index (κ1) is 10.2. The second kappa shape index (κ2) is 6.17. The first-order valence-corrected chi connectivity index (χ1v) is 1.34. The summed E-state index contributed by atoms with van der Waals surface area (Å²) in [4.78, 5) is 13.4. The van der Waals surface area contributed by atoms with Gasteiger partial charge in [-0.1, -0.05) is 6.58 Å². The topological polar surface area (TPSA) is 52.3 Å². The number of carbonyl (C=O) groups excluding carboxylic acids is 1. The van der Waals surface area contributed by atoms with Crippen LogP contribution in [-0.2, 0) is 9.63 Å². The Bertz CT molecular complexity index is 73.3. The van der Waals surface area contributed by atoms with E-state index in [1.807, 2.05) is 0 Å². The van der Waals surface area contributed by atoms with Gasteiger partial charge in [-0.15, -0.1) is 0 Å². The molecule has 0 aromatic rings. The molecule has 0 aromatic heterocycles. The molecule has 3 nitrogen and oxygen atoms in total. The van der Waals surface area contributed by atoms with Gasteiger partial charge < -0.3 is 4.84 Å². The Kier molecular flexibility index (Phi) is 9.00. The molecule has 0 aliphatic heterocycles. The summed E-state index contributed by atoms with van der Waals surface area (Å²) < 4.78 is 0. The van der Waals surface area contributed by atoms with Crippen LogP contribution in [-0.4, -0.2) is 35.5 Å². The third-order valence-corrected chi connectivity index (χ3v) is 0.283. The van der Waals surface area contributed by atoms with E-state index in [1.54, 1.807) is 0 Å². The van der Waals surface area contributed by atoms with Crippen molar-refractivity contribution in [1.82, 2.24) is 0 Å². The Hall–Kier alpha value is 0.170. The van der Waals surface area contributed by atoms with Crippen molar-refractivity contribution >= 4 is 35.5 Å². The normalized spacial score (nSPS) is 5.86. The summed E-state index contributed by atoms with van der Waals surface area (Å²) in [5, 5.41) is 0. The summed E-state index contributed by atoms with van der Waals surface area (Å²) in [5.41, 5.74) is 0. The fourth-order valence-electron chi connectivity index (χ4n) is 0.0481. The number of rotatable bonds is 1. The second-order valence-electron chi connectivity index (χ2n) is 0.641. The van der Waals surface area contributed by atoms with Crippen molar-refractivity contribution in [3.63, 3.8) is 0 Å². The van der Waals surface area contributed by atoms with Crippen molar-refractivity contribution in [2.24, 2.45) is 5.90 Å². The van der Waals surface area contributed by atoms with Gasteiger partial charge in [0, 0.05) is 6.08 Å². The molecule has 0 saturated carbocycles. The Labute approximate surface area is 63.8 Å². The molecule has 0 amide bonds. The number of hydrogen-bond donors (Lipinski definition) is 1. The number of carbonyl (C=O) groups is 1. The molecule has 0 bridgehead atoms. The monoisotopic (exact) mass is 111 g/mol. The molecule has 36 valence electrons. The molecule has 4 heteroatoms. The van der Waals surface area contributed by atoms with E-state index in [0.29, 0.717) is 0 Å². The van der Waals surface area contributed by atoms with Gasteiger partial charge in [0.05, 0.1) is 0 Å². The van der Waals surface area contributed by atoms with E-state index in [4.69, 9.17) is 0 Å². The molecule has 0 heterocycles. The van der Waals surface area contributed by atoms with Gasteiger partial charge in [0.2, 0.25) is 0 Å². The van der Waals surface area contributed by atoms with E-state index in [9.17, 15) is 4.79 Å². The van der Waals surface area contributed by atoms with Gasteiger partial charge in [-0.25, -0.2) is 4.79 Å². The second-order valence-corrected chi connectivity index (χ2v) is 0.641. The standard InChI is InChI=1S/C3H5NO2.Na.H/c1-2-3(5)6-4;;/h2H,1,4H2;;. The number of nitrogens with two attached hydrogens (primary N) is 1. The molecule has 0 atom stereocenters. The molecule has 0 radical (unpaired) electrons. The van der Waals surface area contributed by atoms with Crippen molar-refractivity contribution in [1.29, 1.82) is 0 Å². The van der Waals surface area contributed by atoms with Gasteiger partial charge in [-0.05, 0) is 0 Å². The Morgan fingerprint density at radius 2 is 2.29 bits per heavy atom. The van der Waals surface area contributed by atoms with E-state index in [-0.39, 0.29) is 29.6 Å². The molecule has 0 aliphatic carbocycles. The van der Waals surface area contributed by atoms with Crippen molar-refractivity contribution in [2.75, 3.05) is 0 Å². The maximum absolute atomic E-state index is 9.72. The average Bonchev–Trinajstić information content (AvgIpc) is 1.65. The third-order valence-electron chi connectivity index (χ3n) is 0.283. The molecule has 2 N–H and O–H groups in total. The molecule has 7 heavy (non-hydrogen) atoms. The molecule has 0 saturated heterocycles. The molecule has 0 aromatic carbocycles. The maximum atomic E-state index is 9.72. The summed E-state index contributed by atoms with van der Waals surface area (Å²) in [6, 6.07) is 0. The fraction of sp³-hybridized carbons (Fsp3) is 0. The molecule has 0 spiro atoms. The third kappa shape index (κ3) is 6.17.